The Labute approximate surface area is 126 Å². The van der Waals surface area contributed by atoms with Gasteiger partial charge in [-0.15, -0.1) is 0 Å². The molecule has 0 saturated heterocycles. The summed E-state index contributed by atoms with van der Waals surface area (Å²) < 4.78 is 0. The Morgan fingerprint density at radius 2 is 2.05 bits per heavy atom. The molecule has 2 atom stereocenters. The highest BCUT2D eigenvalue weighted by molar-refractivity contribution is 5.94. The van der Waals surface area contributed by atoms with Crippen LogP contribution in [0, 0.1) is 5.92 Å². The highest BCUT2D eigenvalue weighted by atomic mass is 16.2. The Bertz CT molecular complexity index is 502. The first-order valence-corrected chi connectivity index (χ1v) is 7.22. The van der Waals surface area contributed by atoms with Crippen LogP contribution in [0.3, 0.4) is 0 Å². The molecule has 1 aromatic carbocycles. The van der Waals surface area contributed by atoms with Crippen LogP contribution in [0.1, 0.15) is 32.8 Å². The summed E-state index contributed by atoms with van der Waals surface area (Å²) in [5, 5.41) is 2.83. The van der Waals surface area contributed by atoms with Gasteiger partial charge in [-0.2, -0.15) is 0 Å². The van der Waals surface area contributed by atoms with Crippen molar-refractivity contribution in [1.29, 1.82) is 0 Å². The molecule has 0 saturated carbocycles. The lowest BCUT2D eigenvalue weighted by molar-refractivity contribution is -0.128. The maximum atomic E-state index is 12.1. The van der Waals surface area contributed by atoms with Gasteiger partial charge in [0.15, 0.2) is 0 Å². The largest absolute Gasteiger partial charge is 0.342 e. The molecule has 1 rings (SSSR count). The lowest BCUT2D eigenvalue weighted by Gasteiger charge is -2.19. The first-order chi connectivity index (χ1) is 9.85. The molecule has 0 fully saturated rings. The van der Waals surface area contributed by atoms with Gasteiger partial charge in [-0.3, -0.25) is 9.59 Å². The third-order valence-electron chi connectivity index (χ3n) is 3.71. The molecule has 0 spiro atoms. The zero-order valence-electron chi connectivity index (χ0n) is 13.2. The van der Waals surface area contributed by atoms with E-state index in [1.807, 2.05) is 38.1 Å². The number of amides is 2. The van der Waals surface area contributed by atoms with E-state index in [1.54, 1.807) is 11.9 Å². The second-order valence-corrected chi connectivity index (χ2v) is 5.48. The summed E-state index contributed by atoms with van der Waals surface area (Å²) in [6, 6.07) is 6.94. The monoisotopic (exact) mass is 291 g/mol. The van der Waals surface area contributed by atoms with Gasteiger partial charge in [0.05, 0.1) is 6.04 Å². The molecule has 0 aromatic heterocycles. The van der Waals surface area contributed by atoms with Gasteiger partial charge in [0, 0.05) is 26.2 Å². The van der Waals surface area contributed by atoms with E-state index < -0.39 is 6.04 Å². The van der Waals surface area contributed by atoms with Gasteiger partial charge < -0.3 is 16.0 Å². The second kappa shape index (κ2) is 7.78. The van der Waals surface area contributed by atoms with Crippen LogP contribution < -0.4 is 11.1 Å². The van der Waals surface area contributed by atoms with Gasteiger partial charge in [-0.25, -0.2) is 0 Å². The Kier molecular flexibility index (Phi) is 6.37. The van der Waals surface area contributed by atoms with Crippen molar-refractivity contribution in [3.05, 3.63) is 29.8 Å². The molecular weight excluding hydrogens is 266 g/mol. The van der Waals surface area contributed by atoms with Gasteiger partial charge in [0.1, 0.15) is 0 Å². The predicted molar refractivity (Wildman–Crippen MR) is 84.7 cm³/mol. The Hall–Kier alpha value is -1.88. The van der Waals surface area contributed by atoms with Crippen LogP contribution in [-0.4, -0.2) is 29.8 Å². The van der Waals surface area contributed by atoms with Crippen LogP contribution >= 0.6 is 0 Å². The van der Waals surface area contributed by atoms with Crippen molar-refractivity contribution in [3.8, 4) is 0 Å². The average molecular weight is 291 g/mol. The number of carbonyl (C=O) groups is 2. The van der Waals surface area contributed by atoms with Crippen molar-refractivity contribution in [1.82, 2.24) is 4.90 Å². The molecule has 21 heavy (non-hydrogen) atoms. The lowest BCUT2D eigenvalue weighted by Crippen LogP contribution is -2.40. The van der Waals surface area contributed by atoms with E-state index in [4.69, 9.17) is 5.73 Å². The summed E-state index contributed by atoms with van der Waals surface area (Å²) in [6.45, 7) is 6.01. The third-order valence-corrected chi connectivity index (χ3v) is 3.71. The molecule has 0 aliphatic heterocycles. The quantitative estimate of drug-likeness (QED) is 0.841. The number of benzene rings is 1. The fraction of sp³-hybridized carbons (Fsp3) is 0.500. The number of hydrogen-bond acceptors (Lipinski definition) is 3. The van der Waals surface area contributed by atoms with Crippen LogP contribution in [0.2, 0.25) is 0 Å². The molecule has 5 heteroatoms. The van der Waals surface area contributed by atoms with E-state index in [-0.39, 0.29) is 17.7 Å². The Balaban J connectivity index is 2.72. The van der Waals surface area contributed by atoms with Crippen molar-refractivity contribution in [3.63, 3.8) is 0 Å². The summed E-state index contributed by atoms with van der Waals surface area (Å²) in [7, 11) is 1.74. The van der Waals surface area contributed by atoms with Crippen LogP contribution in [0.4, 0.5) is 5.69 Å². The zero-order valence-corrected chi connectivity index (χ0v) is 13.2. The molecule has 2 amide bonds. The lowest BCUT2D eigenvalue weighted by atomic mass is 9.99. The molecule has 1 aromatic rings. The molecule has 0 aliphatic rings. The van der Waals surface area contributed by atoms with E-state index >= 15 is 0 Å². The van der Waals surface area contributed by atoms with E-state index in [2.05, 4.69) is 5.32 Å². The van der Waals surface area contributed by atoms with Gasteiger partial charge in [0.2, 0.25) is 11.8 Å². The molecule has 0 heterocycles. The molecule has 0 bridgehead atoms. The summed E-state index contributed by atoms with van der Waals surface area (Å²) in [5.74, 6) is -0.0401. The van der Waals surface area contributed by atoms with Crippen molar-refractivity contribution >= 4 is 17.5 Å². The number of nitrogens with one attached hydrogen (secondary N) is 1. The topological polar surface area (TPSA) is 75.4 Å². The summed E-state index contributed by atoms with van der Waals surface area (Å²) in [6.07, 6.45) is 0.859. The molecule has 116 valence electrons. The van der Waals surface area contributed by atoms with Crippen molar-refractivity contribution < 1.29 is 9.59 Å². The minimum absolute atomic E-state index is 0.00299. The molecule has 0 radical (unpaired) electrons. The number of nitrogens with zero attached hydrogens (tertiary/aromatic N) is 1. The summed E-state index contributed by atoms with van der Waals surface area (Å²) in [5.41, 5.74) is 7.58. The van der Waals surface area contributed by atoms with E-state index in [1.165, 1.54) is 6.92 Å². The highest BCUT2D eigenvalue weighted by Gasteiger charge is 2.19. The normalized spacial score (nSPS) is 13.4. The third kappa shape index (κ3) is 5.19. The SMILES string of the molecule is CCC(C)C(N)C(=O)Nc1cccc(CN(C)C(C)=O)c1. The number of anilines is 1. The summed E-state index contributed by atoms with van der Waals surface area (Å²) in [4.78, 5) is 24.9. The van der Waals surface area contributed by atoms with Crippen molar-refractivity contribution in [2.75, 3.05) is 12.4 Å². The number of nitrogens with two attached hydrogens (primary N) is 1. The molecule has 0 aliphatic carbocycles. The minimum Gasteiger partial charge on any atom is -0.342 e. The van der Waals surface area contributed by atoms with E-state index in [9.17, 15) is 9.59 Å². The molecule has 2 unspecified atom stereocenters. The number of rotatable bonds is 6. The standard InChI is InChI=1S/C16H25N3O2/c1-5-11(2)15(17)16(21)18-14-8-6-7-13(9-14)10-19(4)12(3)20/h6-9,11,15H,5,10,17H2,1-4H3,(H,18,21). The van der Waals surface area contributed by atoms with Crippen LogP contribution in [0.5, 0.6) is 0 Å². The molecular formula is C16H25N3O2. The van der Waals surface area contributed by atoms with E-state index in [0.29, 0.717) is 12.2 Å². The Morgan fingerprint density at radius 1 is 1.38 bits per heavy atom. The van der Waals surface area contributed by atoms with Crippen molar-refractivity contribution in [2.45, 2.75) is 39.8 Å². The Morgan fingerprint density at radius 3 is 2.62 bits per heavy atom. The highest BCUT2D eigenvalue weighted by Crippen LogP contribution is 2.14. The van der Waals surface area contributed by atoms with Gasteiger partial charge in [0.25, 0.3) is 0 Å². The first kappa shape index (κ1) is 17.2. The second-order valence-electron chi connectivity index (χ2n) is 5.48. The minimum atomic E-state index is -0.515. The van der Waals surface area contributed by atoms with Gasteiger partial charge in [-0.05, 0) is 23.6 Å². The maximum absolute atomic E-state index is 12.1. The molecule has 5 nitrogen and oxygen atoms in total. The number of carbonyl (C=O) groups excluding carboxylic acids is 2. The van der Waals surface area contributed by atoms with Crippen LogP contribution in [0.25, 0.3) is 0 Å². The fourth-order valence-corrected chi connectivity index (χ4v) is 1.87. The van der Waals surface area contributed by atoms with Crippen molar-refractivity contribution in [2.24, 2.45) is 11.7 Å². The smallest absolute Gasteiger partial charge is 0.241 e. The van der Waals surface area contributed by atoms with Gasteiger partial charge >= 0.3 is 0 Å². The van der Waals surface area contributed by atoms with Crippen LogP contribution in [0.15, 0.2) is 24.3 Å². The van der Waals surface area contributed by atoms with E-state index in [0.717, 1.165) is 12.0 Å². The number of hydrogen-bond donors (Lipinski definition) is 2. The predicted octanol–water partition coefficient (Wildman–Crippen LogP) is 1.98. The molecule has 3 N–H and O–H groups in total. The van der Waals surface area contributed by atoms with Gasteiger partial charge in [-0.1, -0.05) is 32.4 Å². The fourth-order valence-electron chi connectivity index (χ4n) is 1.87. The van der Waals surface area contributed by atoms with Crippen LogP contribution in [-0.2, 0) is 16.1 Å². The maximum Gasteiger partial charge on any atom is 0.241 e. The zero-order chi connectivity index (χ0) is 16.0. The average Bonchev–Trinajstić information content (AvgIpc) is 2.45. The first-order valence-electron chi connectivity index (χ1n) is 7.22. The summed E-state index contributed by atoms with van der Waals surface area (Å²) >= 11 is 0.